The average molecular weight is 512 g/mol. The number of halogens is 1. The van der Waals surface area contributed by atoms with Crippen molar-refractivity contribution in [2.24, 2.45) is 4.99 Å². The van der Waals surface area contributed by atoms with Crippen LogP contribution in [0.4, 0.5) is 5.69 Å². The second-order valence-electron chi connectivity index (χ2n) is 6.52. The molecule has 0 aliphatic carbocycles. The topological polar surface area (TPSA) is 66.9 Å². The van der Waals surface area contributed by atoms with Crippen molar-refractivity contribution in [2.45, 2.75) is 19.9 Å². The lowest BCUT2D eigenvalue weighted by Crippen LogP contribution is -2.37. The van der Waals surface area contributed by atoms with Crippen LogP contribution in [-0.2, 0) is 17.7 Å². The zero-order chi connectivity index (χ0) is 20.2. The molecule has 7 heteroatoms. The van der Waals surface area contributed by atoms with Crippen LogP contribution in [0.5, 0.6) is 5.75 Å². The van der Waals surface area contributed by atoms with Crippen molar-refractivity contribution in [3.05, 3.63) is 59.2 Å². The largest absolute Gasteiger partial charge is 0.496 e. The molecule has 3 N–H and O–H groups in total. The van der Waals surface area contributed by atoms with E-state index >= 15 is 0 Å². The molecule has 29 heavy (non-hydrogen) atoms. The van der Waals surface area contributed by atoms with Crippen molar-refractivity contribution in [1.82, 2.24) is 10.6 Å². The zero-order valence-corrected chi connectivity index (χ0v) is 20.1. The SMILES string of the molecule is CN=C(NCCc1ccc(C)c(OC)c1)NCc1ccc(NCCOC)cc1.I. The molecule has 2 rings (SSSR count). The van der Waals surface area contributed by atoms with Gasteiger partial charge in [-0.2, -0.15) is 0 Å². The molecule has 6 nitrogen and oxygen atoms in total. The number of aliphatic imine (C=N–C) groups is 1. The van der Waals surface area contributed by atoms with E-state index < -0.39 is 0 Å². The Morgan fingerprint density at radius 3 is 2.34 bits per heavy atom. The first-order valence-corrected chi connectivity index (χ1v) is 9.56. The van der Waals surface area contributed by atoms with E-state index in [-0.39, 0.29) is 24.0 Å². The van der Waals surface area contributed by atoms with Gasteiger partial charge in [0.1, 0.15) is 5.75 Å². The van der Waals surface area contributed by atoms with Crippen LogP contribution in [0.1, 0.15) is 16.7 Å². The Morgan fingerprint density at radius 1 is 0.966 bits per heavy atom. The number of nitrogens with zero attached hydrogens (tertiary/aromatic N) is 1. The lowest BCUT2D eigenvalue weighted by molar-refractivity contribution is 0.211. The van der Waals surface area contributed by atoms with Gasteiger partial charge in [-0.3, -0.25) is 4.99 Å². The molecule has 0 amide bonds. The predicted molar refractivity (Wildman–Crippen MR) is 132 cm³/mol. The highest BCUT2D eigenvalue weighted by molar-refractivity contribution is 14.0. The highest BCUT2D eigenvalue weighted by Gasteiger charge is 2.02. The highest BCUT2D eigenvalue weighted by Crippen LogP contribution is 2.19. The summed E-state index contributed by atoms with van der Waals surface area (Å²) in [6.07, 6.45) is 0.902. The van der Waals surface area contributed by atoms with E-state index in [1.807, 2.05) is 0 Å². The minimum atomic E-state index is 0. The molecule has 2 aromatic rings. The molecule has 0 heterocycles. The van der Waals surface area contributed by atoms with Gasteiger partial charge < -0.3 is 25.4 Å². The number of anilines is 1. The summed E-state index contributed by atoms with van der Waals surface area (Å²) in [6, 6.07) is 14.7. The van der Waals surface area contributed by atoms with Crippen LogP contribution < -0.4 is 20.7 Å². The van der Waals surface area contributed by atoms with Gasteiger partial charge in [0.05, 0.1) is 13.7 Å². The van der Waals surface area contributed by atoms with Crippen LogP contribution in [0.3, 0.4) is 0 Å². The monoisotopic (exact) mass is 512 g/mol. The maximum absolute atomic E-state index is 5.39. The third-order valence-corrected chi connectivity index (χ3v) is 4.45. The summed E-state index contributed by atoms with van der Waals surface area (Å²) in [5.74, 6) is 1.72. The molecule has 2 aromatic carbocycles. The Balaban J connectivity index is 0.00000420. The summed E-state index contributed by atoms with van der Waals surface area (Å²) in [5, 5.41) is 10.0. The summed E-state index contributed by atoms with van der Waals surface area (Å²) in [7, 11) is 5.19. The van der Waals surface area contributed by atoms with Crippen molar-refractivity contribution in [3.8, 4) is 5.75 Å². The predicted octanol–water partition coefficient (Wildman–Crippen LogP) is 3.59. The molecule has 0 aromatic heterocycles. The van der Waals surface area contributed by atoms with Gasteiger partial charge in [-0.05, 0) is 48.2 Å². The van der Waals surface area contributed by atoms with Gasteiger partial charge in [-0.15, -0.1) is 24.0 Å². The number of hydrogen-bond acceptors (Lipinski definition) is 4. The van der Waals surface area contributed by atoms with Crippen LogP contribution in [-0.4, -0.2) is 46.9 Å². The number of methoxy groups -OCH3 is 2. The van der Waals surface area contributed by atoms with Gasteiger partial charge in [0.2, 0.25) is 0 Å². The van der Waals surface area contributed by atoms with Crippen LogP contribution >= 0.6 is 24.0 Å². The maximum Gasteiger partial charge on any atom is 0.191 e. The van der Waals surface area contributed by atoms with Crippen molar-refractivity contribution < 1.29 is 9.47 Å². The van der Waals surface area contributed by atoms with Crippen molar-refractivity contribution in [1.29, 1.82) is 0 Å². The molecule has 0 aliphatic heterocycles. The van der Waals surface area contributed by atoms with Gasteiger partial charge in [0, 0.05) is 39.5 Å². The van der Waals surface area contributed by atoms with E-state index in [2.05, 4.69) is 70.3 Å². The van der Waals surface area contributed by atoms with E-state index in [9.17, 15) is 0 Å². The Bertz CT molecular complexity index is 751. The first-order chi connectivity index (χ1) is 13.7. The Hall–Kier alpha value is -2.00. The molecule has 0 unspecified atom stereocenters. The molecular formula is C22H33IN4O2. The van der Waals surface area contributed by atoms with Gasteiger partial charge in [0.25, 0.3) is 0 Å². The van der Waals surface area contributed by atoms with Crippen molar-refractivity contribution in [2.75, 3.05) is 46.3 Å². The van der Waals surface area contributed by atoms with Crippen LogP contribution in [0.2, 0.25) is 0 Å². The molecule has 0 aliphatic rings. The minimum absolute atomic E-state index is 0. The molecule has 0 spiro atoms. The molecule has 0 saturated carbocycles. The second-order valence-corrected chi connectivity index (χ2v) is 6.52. The summed E-state index contributed by atoms with van der Waals surface area (Å²) < 4.78 is 10.4. The molecule has 0 fully saturated rings. The molecule has 160 valence electrons. The first-order valence-electron chi connectivity index (χ1n) is 9.56. The van der Waals surface area contributed by atoms with E-state index in [1.54, 1.807) is 21.3 Å². The van der Waals surface area contributed by atoms with E-state index in [4.69, 9.17) is 9.47 Å². The molecule has 0 bridgehead atoms. The third-order valence-electron chi connectivity index (χ3n) is 4.45. The average Bonchev–Trinajstić information content (AvgIpc) is 2.72. The van der Waals surface area contributed by atoms with E-state index in [1.165, 1.54) is 11.1 Å². The lowest BCUT2D eigenvalue weighted by Gasteiger charge is -2.13. The van der Waals surface area contributed by atoms with Gasteiger partial charge in [0.15, 0.2) is 5.96 Å². The summed E-state index contributed by atoms with van der Waals surface area (Å²) in [4.78, 5) is 4.29. The smallest absolute Gasteiger partial charge is 0.191 e. The number of ether oxygens (including phenoxy) is 2. The Labute approximate surface area is 191 Å². The molecular weight excluding hydrogens is 479 g/mol. The second kappa shape index (κ2) is 14.1. The van der Waals surface area contributed by atoms with E-state index in [0.29, 0.717) is 6.61 Å². The number of rotatable bonds is 10. The first kappa shape index (κ1) is 25.0. The summed E-state index contributed by atoms with van der Waals surface area (Å²) in [5.41, 5.74) is 4.68. The molecule has 0 radical (unpaired) electrons. The summed E-state index contributed by atoms with van der Waals surface area (Å²) >= 11 is 0. The van der Waals surface area contributed by atoms with Gasteiger partial charge >= 0.3 is 0 Å². The number of hydrogen-bond donors (Lipinski definition) is 3. The Kier molecular flexibility index (Phi) is 12.1. The van der Waals surface area contributed by atoms with Crippen LogP contribution in [0.25, 0.3) is 0 Å². The maximum atomic E-state index is 5.39. The fraction of sp³-hybridized carbons (Fsp3) is 0.409. The summed E-state index contributed by atoms with van der Waals surface area (Å²) in [6.45, 7) is 5.07. The van der Waals surface area contributed by atoms with Crippen LogP contribution in [0, 0.1) is 6.92 Å². The van der Waals surface area contributed by atoms with Gasteiger partial charge in [-0.25, -0.2) is 0 Å². The molecule has 0 atom stereocenters. The quantitative estimate of drug-likeness (QED) is 0.197. The van der Waals surface area contributed by atoms with Crippen molar-refractivity contribution >= 4 is 35.6 Å². The number of nitrogens with one attached hydrogen (secondary N) is 3. The Morgan fingerprint density at radius 2 is 1.69 bits per heavy atom. The highest BCUT2D eigenvalue weighted by atomic mass is 127. The standard InChI is InChI=1S/C22H32N4O2.HI/c1-17-5-6-18(15-21(17)28-4)11-12-25-22(23-2)26-16-19-7-9-20(10-8-19)24-13-14-27-3;/h5-10,15,24H,11-14,16H2,1-4H3,(H2,23,25,26);1H. The van der Waals surface area contributed by atoms with Crippen LogP contribution in [0.15, 0.2) is 47.5 Å². The minimum Gasteiger partial charge on any atom is -0.496 e. The number of aryl methyl sites for hydroxylation is 1. The lowest BCUT2D eigenvalue weighted by atomic mass is 10.1. The number of benzene rings is 2. The molecule has 0 saturated heterocycles. The normalized spacial score (nSPS) is 10.8. The van der Waals surface area contributed by atoms with Gasteiger partial charge in [-0.1, -0.05) is 24.3 Å². The number of guanidine groups is 1. The fourth-order valence-corrected chi connectivity index (χ4v) is 2.79. The fourth-order valence-electron chi connectivity index (χ4n) is 2.79. The van der Waals surface area contributed by atoms with E-state index in [0.717, 1.165) is 49.0 Å². The third kappa shape index (κ3) is 8.91. The zero-order valence-electron chi connectivity index (χ0n) is 17.7. The van der Waals surface area contributed by atoms with Crippen molar-refractivity contribution in [3.63, 3.8) is 0 Å².